The number of hydrogen-bond acceptors (Lipinski definition) is 3. The van der Waals surface area contributed by atoms with E-state index in [-0.39, 0.29) is 4.92 Å². The highest BCUT2D eigenvalue weighted by atomic mass is 16.6. The summed E-state index contributed by atoms with van der Waals surface area (Å²) in [5.41, 5.74) is 0.911. The van der Waals surface area contributed by atoms with Crippen molar-refractivity contribution in [2.45, 2.75) is 25.8 Å². The lowest BCUT2D eigenvalue weighted by Gasteiger charge is -2.08. The Morgan fingerprint density at radius 3 is 3.18 bits per heavy atom. The first kappa shape index (κ1) is 7.91. The summed E-state index contributed by atoms with van der Waals surface area (Å²) in [6, 6.07) is -0.553. The first-order valence-corrected chi connectivity index (χ1v) is 3.59. The zero-order chi connectivity index (χ0) is 8.27. The first-order chi connectivity index (χ1) is 5.24. The highest BCUT2D eigenvalue weighted by Crippen LogP contribution is 2.09. The minimum atomic E-state index is -0.553. The van der Waals surface area contributed by atoms with Crippen LogP contribution in [0.4, 0.5) is 0 Å². The van der Waals surface area contributed by atoms with Crippen LogP contribution in [-0.2, 0) is 0 Å². The van der Waals surface area contributed by atoms with Gasteiger partial charge in [-0.25, -0.2) is 0 Å². The molecule has 0 bridgehead atoms. The van der Waals surface area contributed by atoms with Crippen LogP contribution >= 0.6 is 0 Å². The summed E-state index contributed by atoms with van der Waals surface area (Å²) in [6.07, 6.45) is 4.32. The molecule has 0 aliphatic carbocycles. The number of hydrogen-bond donors (Lipinski definition) is 0. The van der Waals surface area contributed by atoms with Gasteiger partial charge in [0.2, 0.25) is 6.04 Å². The van der Waals surface area contributed by atoms with Crippen molar-refractivity contribution in [2.75, 3.05) is 0 Å². The molecule has 0 fully saturated rings. The second-order valence-electron chi connectivity index (χ2n) is 2.45. The molecule has 1 rings (SSSR count). The van der Waals surface area contributed by atoms with Crippen LogP contribution in [0.1, 0.15) is 19.8 Å². The summed E-state index contributed by atoms with van der Waals surface area (Å²) in [6.45, 7) is 1.95. The molecule has 0 N–H and O–H groups in total. The third kappa shape index (κ3) is 1.86. The Morgan fingerprint density at radius 1 is 1.91 bits per heavy atom. The van der Waals surface area contributed by atoms with Gasteiger partial charge in [0, 0.05) is 22.9 Å². The average Bonchev–Trinajstić information content (AvgIpc) is 2.05. The third-order valence-corrected chi connectivity index (χ3v) is 1.69. The smallest absolute Gasteiger partial charge is 0.238 e. The van der Waals surface area contributed by atoms with Crippen molar-refractivity contribution in [3.63, 3.8) is 0 Å². The first-order valence-electron chi connectivity index (χ1n) is 3.59. The fourth-order valence-electron chi connectivity index (χ4n) is 0.990. The van der Waals surface area contributed by atoms with Crippen molar-refractivity contribution < 1.29 is 4.92 Å². The minimum Gasteiger partial charge on any atom is -0.265 e. The van der Waals surface area contributed by atoms with E-state index in [1.807, 2.05) is 6.92 Å². The molecule has 0 amide bonds. The third-order valence-electron chi connectivity index (χ3n) is 1.69. The van der Waals surface area contributed by atoms with Gasteiger partial charge in [-0.15, -0.1) is 0 Å². The molecule has 1 aliphatic heterocycles. The van der Waals surface area contributed by atoms with Crippen LogP contribution in [0.15, 0.2) is 17.3 Å². The minimum absolute atomic E-state index is 0.277. The predicted octanol–water partition coefficient (Wildman–Crippen LogP) is 1.40. The number of nitro groups is 1. The lowest BCUT2D eigenvalue weighted by molar-refractivity contribution is -0.507. The van der Waals surface area contributed by atoms with E-state index in [1.54, 1.807) is 0 Å². The second-order valence-corrected chi connectivity index (χ2v) is 2.45. The van der Waals surface area contributed by atoms with Gasteiger partial charge in [0.1, 0.15) is 0 Å². The topological polar surface area (TPSA) is 55.5 Å². The molecular weight excluding hydrogens is 144 g/mol. The summed E-state index contributed by atoms with van der Waals surface area (Å²) in [7, 11) is 0. The Morgan fingerprint density at radius 2 is 2.64 bits per heavy atom. The maximum absolute atomic E-state index is 10.3. The van der Waals surface area contributed by atoms with Crippen molar-refractivity contribution in [3.05, 3.63) is 22.4 Å². The molecule has 1 unspecified atom stereocenters. The molecule has 0 radical (unpaired) electrons. The predicted molar refractivity (Wildman–Crippen MR) is 42.3 cm³/mol. The molecule has 0 aromatic heterocycles. The second kappa shape index (κ2) is 3.27. The fourth-order valence-corrected chi connectivity index (χ4v) is 0.990. The maximum Gasteiger partial charge on any atom is 0.238 e. The SMILES string of the molecule is CCC1=NC=CC([N+](=O)[O-])C1. The lowest BCUT2D eigenvalue weighted by atomic mass is 10.1. The van der Waals surface area contributed by atoms with Crippen molar-refractivity contribution in [3.8, 4) is 0 Å². The summed E-state index contributed by atoms with van der Waals surface area (Å²) >= 11 is 0. The van der Waals surface area contributed by atoms with E-state index in [1.165, 1.54) is 12.3 Å². The van der Waals surface area contributed by atoms with E-state index in [2.05, 4.69) is 4.99 Å². The van der Waals surface area contributed by atoms with Gasteiger partial charge in [0.05, 0.1) is 6.42 Å². The Bertz CT molecular complexity index is 220. The standard InChI is InChI=1S/C7H10N2O2/c1-2-6-5-7(9(10)11)3-4-8-6/h3-4,7H,2,5H2,1H3. The van der Waals surface area contributed by atoms with Gasteiger partial charge in [-0.1, -0.05) is 6.92 Å². The van der Waals surface area contributed by atoms with Crippen molar-refractivity contribution >= 4 is 5.71 Å². The number of rotatable bonds is 2. The van der Waals surface area contributed by atoms with Crippen LogP contribution in [0.3, 0.4) is 0 Å². The highest BCUT2D eigenvalue weighted by Gasteiger charge is 2.20. The van der Waals surface area contributed by atoms with Crippen LogP contribution in [0.2, 0.25) is 0 Å². The molecular formula is C7H10N2O2. The summed E-state index contributed by atoms with van der Waals surface area (Å²) < 4.78 is 0. The molecule has 0 saturated heterocycles. The molecule has 11 heavy (non-hydrogen) atoms. The van der Waals surface area contributed by atoms with E-state index in [4.69, 9.17) is 0 Å². The largest absolute Gasteiger partial charge is 0.265 e. The van der Waals surface area contributed by atoms with Gasteiger partial charge in [0.25, 0.3) is 0 Å². The summed E-state index contributed by atoms with van der Waals surface area (Å²) in [5.74, 6) is 0. The highest BCUT2D eigenvalue weighted by molar-refractivity contribution is 5.86. The normalized spacial score (nSPS) is 23.0. The van der Waals surface area contributed by atoms with E-state index in [0.717, 1.165) is 12.1 Å². The zero-order valence-electron chi connectivity index (χ0n) is 6.36. The Hall–Kier alpha value is -1.19. The van der Waals surface area contributed by atoms with Gasteiger partial charge in [0.15, 0.2) is 0 Å². The van der Waals surface area contributed by atoms with Gasteiger partial charge < -0.3 is 0 Å². The molecule has 0 spiro atoms. The van der Waals surface area contributed by atoms with Crippen molar-refractivity contribution in [1.82, 2.24) is 0 Å². The molecule has 1 atom stereocenters. The Balaban J connectivity index is 2.62. The fraction of sp³-hybridized carbons (Fsp3) is 0.571. The molecule has 60 valence electrons. The summed E-state index contributed by atoms with van der Waals surface area (Å²) in [5, 5.41) is 10.3. The molecule has 4 heteroatoms. The molecule has 1 aliphatic rings. The monoisotopic (exact) mass is 154 g/mol. The average molecular weight is 154 g/mol. The van der Waals surface area contributed by atoms with Crippen LogP contribution in [0.25, 0.3) is 0 Å². The van der Waals surface area contributed by atoms with Gasteiger partial charge in [-0.2, -0.15) is 0 Å². The van der Waals surface area contributed by atoms with E-state index >= 15 is 0 Å². The number of nitrogens with zero attached hydrogens (tertiary/aromatic N) is 2. The zero-order valence-corrected chi connectivity index (χ0v) is 6.36. The van der Waals surface area contributed by atoms with Gasteiger partial charge in [-0.05, 0) is 6.42 Å². The Kier molecular flexibility index (Phi) is 2.36. The van der Waals surface area contributed by atoms with E-state index in [9.17, 15) is 10.1 Å². The molecule has 4 nitrogen and oxygen atoms in total. The van der Waals surface area contributed by atoms with Crippen LogP contribution < -0.4 is 0 Å². The van der Waals surface area contributed by atoms with E-state index < -0.39 is 6.04 Å². The van der Waals surface area contributed by atoms with Crippen molar-refractivity contribution in [2.24, 2.45) is 4.99 Å². The molecule has 0 saturated carbocycles. The van der Waals surface area contributed by atoms with Crippen molar-refractivity contribution in [1.29, 1.82) is 0 Å². The van der Waals surface area contributed by atoms with Crippen LogP contribution in [0.5, 0.6) is 0 Å². The van der Waals surface area contributed by atoms with Gasteiger partial charge in [-0.3, -0.25) is 15.1 Å². The molecule has 1 heterocycles. The van der Waals surface area contributed by atoms with Crippen LogP contribution in [0, 0.1) is 10.1 Å². The van der Waals surface area contributed by atoms with Gasteiger partial charge >= 0.3 is 0 Å². The lowest BCUT2D eigenvalue weighted by Crippen LogP contribution is -2.22. The van der Waals surface area contributed by atoms with E-state index in [0.29, 0.717) is 6.42 Å². The molecule has 0 aromatic carbocycles. The number of aliphatic imine (C=N–C) groups is 1. The summed E-state index contributed by atoms with van der Waals surface area (Å²) in [4.78, 5) is 14.1. The van der Waals surface area contributed by atoms with Crippen LogP contribution in [-0.4, -0.2) is 16.7 Å². The Labute approximate surface area is 64.8 Å². The molecule has 0 aromatic rings. The maximum atomic E-state index is 10.3. The quantitative estimate of drug-likeness (QED) is 0.446.